The van der Waals surface area contributed by atoms with Gasteiger partial charge in [0.05, 0.1) is 6.42 Å². The number of H-pyrrole nitrogens is 1. The second kappa shape index (κ2) is 10.1. The summed E-state index contributed by atoms with van der Waals surface area (Å²) < 4.78 is 0. The highest BCUT2D eigenvalue weighted by molar-refractivity contribution is 7.99. The molecular formula is C23H24N4O3S. The Kier molecular flexibility index (Phi) is 7.25. The van der Waals surface area contributed by atoms with Crippen LogP contribution >= 0.6 is 11.8 Å². The van der Waals surface area contributed by atoms with E-state index in [1.807, 2.05) is 37.3 Å². The number of hydrogen-bond donors (Lipinski definition) is 3. The fourth-order valence-electron chi connectivity index (χ4n) is 3.01. The van der Waals surface area contributed by atoms with Gasteiger partial charge in [-0.05, 0) is 43.7 Å². The monoisotopic (exact) mass is 436 g/mol. The van der Waals surface area contributed by atoms with E-state index in [9.17, 15) is 14.4 Å². The summed E-state index contributed by atoms with van der Waals surface area (Å²) in [7, 11) is 0. The molecule has 2 aromatic carbocycles. The summed E-state index contributed by atoms with van der Waals surface area (Å²) in [5, 5.41) is 6.07. The number of hydrogen-bond acceptors (Lipinski definition) is 5. The number of carbonyl (C=O) groups is 2. The molecule has 1 aromatic heterocycles. The fourth-order valence-corrected chi connectivity index (χ4v) is 3.98. The van der Waals surface area contributed by atoms with E-state index in [1.165, 1.54) is 18.7 Å². The van der Waals surface area contributed by atoms with Gasteiger partial charge in [0.1, 0.15) is 0 Å². The SMILES string of the molecule is CC(=O)Nc1ccc(NC(=O)Cc2c(C)nc(SC(C)c3ccccc3)[nH]c2=O)cc1. The van der Waals surface area contributed by atoms with Crippen molar-refractivity contribution in [2.24, 2.45) is 0 Å². The molecule has 3 aromatic rings. The van der Waals surface area contributed by atoms with Crippen LogP contribution < -0.4 is 16.2 Å². The van der Waals surface area contributed by atoms with Gasteiger partial charge in [-0.15, -0.1) is 0 Å². The number of nitrogens with one attached hydrogen (secondary N) is 3. The van der Waals surface area contributed by atoms with Crippen LogP contribution in [0.1, 0.15) is 35.9 Å². The predicted molar refractivity (Wildman–Crippen MR) is 123 cm³/mol. The van der Waals surface area contributed by atoms with E-state index in [4.69, 9.17) is 0 Å². The summed E-state index contributed by atoms with van der Waals surface area (Å²) in [6.45, 7) is 5.21. The first-order chi connectivity index (χ1) is 14.8. The van der Waals surface area contributed by atoms with Crippen LogP contribution in [0.3, 0.4) is 0 Å². The average Bonchev–Trinajstić information content (AvgIpc) is 2.72. The zero-order valence-corrected chi connectivity index (χ0v) is 18.4. The summed E-state index contributed by atoms with van der Waals surface area (Å²) in [5.41, 5.74) is 2.91. The van der Waals surface area contributed by atoms with E-state index in [-0.39, 0.29) is 29.0 Å². The summed E-state index contributed by atoms with van der Waals surface area (Å²) >= 11 is 1.46. The van der Waals surface area contributed by atoms with Crippen LogP contribution in [0.15, 0.2) is 64.5 Å². The summed E-state index contributed by atoms with van der Waals surface area (Å²) in [6.07, 6.45) is -0.0825. The third-order valence-electron chi connectivity index (χ3n) is 4.58. The molecule has 3 rings (SSSR count). The number of anilines is 2. The van der Waals surface area contributed by atoms with Crippen LogP contribution in [0.5, 0.6) is 0 Å². The zero-order chi connectivity index (χ0) is 22.4. The van der Waals surface area contributed by atoms with Crippen molar-refractivity contribution in [3.8, 4) is 0 Å². The van der Waals surface area contributed by atoms with Gasteiger partial charge in [-0.2, -0.15) is 0 Å². The third-order valence-corrected chi connectivity index (χ3v) is 5.63. The van der Waals surface area contributed by atoms with E-state index in [2.05, 4.69) is 20.6 Å². The molecule has 2 amide bonds. The summed E-state index contributed by atoms with van der Waals surface area (Å²) in [6, 6.07) is 16.7. The summed E-state index contributed by atoms with van der Waals surface area (Å²) in [5.74, 6) is -0.487. The fraction of sp³-hybridized carbons (Fsp3) is 0.217. The van der Waals surface area contributed by atoms with Crippen molar-refractivity contribution in [3.05, 3.63) is 81.8 Å². The van der Waals surface area contributed by atoms with Gasteiger partial charge in [0, 0.05) is 34.8 Å². The van der Waals surface area contributed by atoms with Crippen molar-refractivity contribution in [2.75, 3.05) is 10.6 Å². The molecule has 0 fully saturated rings. The minimum absolute atomic E-state index is 0.0825. The molecule has 8 heteroatoms. The Balaban J connectivity index is 1.65. The highest BCUT2D eigenvalue weighted by atomic mass is 32.2. The number of rotatable bonds is 7. The normalized spacial score (nSPS) is 11.6. The highest BCUT2D eigenvalue weighted by Crippen LogP contribution is 2.32. The first kappa shape index (κ1) is 22.3. The molecule has 7 nitrogen and oxygen atoms in total. The van der Waals surface area contributed by atoms with Crippen molar-refractivity contribution in [2.45, 2.75) is 37.6 Å². The van der Waals surface area contributed by atoms with Gasteiger partial charge in [-0.1, -0.05) is 42.1 Å². The molecule has 0 saturated carbocycles. The lowest BCUT2D eigenvalue weighted by Gasteiger charge is -2.12. The molecule has 0 aliphatic heterocycles. The molecule has 0 bridgehead atoms. The predicted octanol–water partition coefficient (Wildman–Crippen LogP) is 4.07. The number of carbonyl (C=O) groups excluding carboxylic acids is 2. The van der Waals surface area contributed by atoms with Crippen molar-refractivity contribution in [3.63, 3.8) is 0 Å². The van der Waals surface area contributed by atoms with E-state index >= 15 is 0 Å². The Morgan fingerprint density at radius 1 is 1.03 bits per heavy atom. The van der Waals surface area contributed by atoms with Crippen LogP contribution in [0.4, 0.5) is 11.4 Å². The van der Waals surface area contributed by atoms with E-state index < -0.39 is 0 Å². The minimum atomic E-state index is -0.319. The van der Waals surface area contributed by atoms with Gasteiger partial charge >= 0.3 is 0 Å². The molecule has 0 radical (unpaired) electrons. The second-order valence-electron chi connectivity index (χ2n) is 7.09. The van der Waals surface area contributed by atoms with E-state index in [1.54, 1.807) is 31.2 Å². The Morgan fingerprint density at radius 2 is 1.65 bits per heavy atom. The van der Waals surface area contributed by atoms with Crippen LogP contribution in [0, 0.1) is 6.92 Å². The van der Waals surface area contributed by atoms with Gasteiger partial charge < -0.3 is 15.6 Å². The molecule has 1 unspecified atom stereocenters. The van der Waals surface area contributed by atoms with Crippen molar-refractivity contribution >= 4 is 35.0 Å². The molecule has 0 spiro atoms. The maximum atomic E-state index is 12.6. The molecule has 1 atom stereocenters. The van der Waals surface area contributed by atoms with Crippen molar-refractivity contribution in [1.29, 1.82) is 0 Å². The lowest BCUT2D eigenvalue weighted by Crippen LogP contribution is -2.23. The van der Waals surface area contributed by atoms with Gasteiger partial charge in [0.2, 0.25) is 11.8 Å². The van der Waals surface area contributed by atoms with Crippen LogP contribution in [0.25, 0.3) is 0 Å². The lowest BCUT2D eigenvalue weighted by molar-refractivity contribution is -0.116. The first-order valence-electron chi connectivity index (χ1n) is 9.80. The molecule has 3 N–H and O–H groups in total. The van der Waals surface area contributed by atoms with Gasteiger partial charge in [0.15, 0.2) is 5.16 Å². The van der Waals surface area contributed by atoms with Gasteiger partial charge in [0.25, 0.3) is 5.56 Å². The molecule has 1 heterocycles. The van der Waals surface area contributed by atoms with Crippen molar-refractivity contribution in [1.82, 2.24) is 9.97 Å². The molecule has 0 saturated heterocycles. The molecular weight excluding hydrogens is 412 g/mol. The highest BCUT2D eigenvalue weighted by Gasteiger charge is 2.15. The topological polar surface area (TPSA) is 104 Å². The van der Waals surface area contributed by atoms with Gasteiger partial charge in [-0.3, -0.25) is 14.4 Å². The maximum absolute atomic E-state index is 12.6. The number of benzene rings is 2. The Morgan fingerprint density at radius 3 is 2.23 bits per heavy atom. The maximum Gasteiger partial charge on any atom is 0.255 e. The smallest absolute Gasteiger partial charge is 0.255 e. The van der Waals surface area contributed by atoms with Gasteiger partial charge in [-0.25, -0.2) is 4.98 Å². The number of amides is 2. The minimum Gasteiger partial charge on any atom is -0.326 e. The Labute approximate surface area is 184 Å². The number of aromatic amines is 1. The molecule has 31 heavy (non-hydrogen) atoms. The van der Waals surface area contributed by atoms with Crippen LogP contribution in [-0.4, -0.2) is 21.8 Å². The van der Waals surface area contributed by atoms with E-state index in [0.29, 0.717) is 27.8 Å². The zero-order valence-electron chi connectivity index (χ0n) is 17.6. The Hall–Kier alpha value is -3.39. The first-order valence-corrected chi connectivity index (χ1v) is 10.7. The van der Waals surface area contributed by atoms with Crippen LogP contribution in [0.2, 0.25) is 0 Å². The lowest BCUT2D eigenvalue weighted by atomic mass is 10.1. The number of nitrogens with zero attached hydrogens (tertiary/aromatic N) is 1. The van der Waals surface area contributed by atoms with E-state index in [0.717, 1.165) is 5.56 Å². The molecule has 0 aliphatic rings. The molecule has 160 valence electrons. The average molecular weight is 437 g/mol. The molecule has 0 aliphatic carbocycles. The number of thioether (sulfide) groups is 1. The number of aryl methyl sites for hydroxylation is 1. The van der Waals surface area contributed by atoms with Crippen molar-refractivity contribution < 1.29 is 9.59 Å². The standard InChI is InChI=1S/C23H24N4O3S/c1-14-20(13-21(29)26-19-11-9-18(10-12-19)25-16(3)28)22(30)27-23(24-14)31-15(2)17-7-5-4-6-8-17/h4-12,15H,13H2,1-3H3,(H,25,28)(H,26,29)(H,24,27,30). The third kappa shape index (κ3) is 6.29. The quantitative estimate of drug-likeness (QED) is 0.383. The van der Waals surface area contributed by atoms with Crippen LogP contribution in [-0.2, 0) is 16.0 Å². The number of aromatic nitrogens is 2. The summed E-state index contributed by atoms with van der Waals surface area (Å²) in [4.78, 5) is 43.4. The second-order valence-corrected chi connectivity index (χ2v) is 8.42. The largest absolute Gasteiger partial charge is 0.326 e. The Bertz CT molecular complexity index is 1130.